The van der Waals surface area contributed by atoms with Crippen LogP contribution in [0, 0.1) is 6.92 Å². The van der Waals surface area contributed by atoms with Crippen molar-refractivity contribution >= 4 is 10.9 Å². The van der Waals surface area contributed by atoms with Crippen LogP contribution < -0.4 is 0 Å². The van der Waals surface area contributed by atoms with Crippen molar-refractivity contribution in [2.75, 3.05) is 0 Å². The van der Waals surface area contributed by atoms with Crippen molar-refractivity contribution in [2.45, 2.75) is 26.7 Å². The first-order chi connectivity index (χ1) is 11.6. The van der Waals surface area contributed by atoms with Gasteiger partial charge in [-0.05, 0) is 48.7 Å². The van der Waals surface area contributed by atoms with E-state index >= 15 is 0 Å². The first kappa shape index (κ1) is 14.6. The number of fused-ring (bicyclic) bond motifs is 1. The maximum Gasteiger partial charge on any atom is 0.247 e. The minimum atomic E-state index is 0.375. The molecule has 24 heavy (non-hydrogen) atoms. The predicted molar refractivity (Wildman–Crippen MR) is 93.6 cm³/mol. The molecule has 3 aromatic heterocycles. The normalized spacial score (nSPS) is 11.5. The van der Waals surface area contributed by atoms with E-state index in [1.54, 1.807) is 0 Å². The van der Waals surface area contributed by atoms with Gasteiger partial charge in [-0.15, -0.1) is 10.2 Å². The average Bonchev–Trinajstić information content (AvgIpc) is 3.21. The fraction of sp³-hybridized carbons (Fsp3) is 0.211. The Morgan fingerprint density at radius 1 is 1.08 bits per heavy atom. The lowest BCUT2D eigenvalue weighted by Gasteiger charge is -2.09. The zero-order chi connectivity index (χ0) is 16.7. The summed E-state index contributed by atoms with van der Waals surface area (Å²) in [7, 11) is 0. The zero-order valence-electron chi connectivity index (χ0n) is 13.9. The molecule has 0 bridgehead atoms. The third-order valence-corrected chi connectivity index (χ3v) is 4.21. The van der Waals surface area contributed by atoms with Gasteiger partial charge >= 0.3 is 0 Å². The molecular weight excluding hydrogens is 300 g/mol. The maximum absolute atomic E-state index is 5.34. The molecule has 0 radical (unpaired) electrons. The van der Waals surface area contributed by atoms with E-state index in [0.717, 1.165) is 28.0 Å². The van der Waals surface area contributed by atoms with Crippen molar-refractivity contribution < 1.29 is 4.42 Å². The van der Waals surface area contributed by atoms with Crippen LogP contribution in [0.15, 0.2) is 47.3 Å². The monoisotopic (exact) mass is 318 g/mol. The van der Waals surface area contributed by atoms with Gasteiger partial charge in [-0.25, -0.2) is 0 Å². The summed E-state index contributed by atoms with van der Waals surface area (Å²) in [6.07, 6.45) is 3.20. The van der Waals surface area contributed by atoms with Crippen LogP contribution >= 0.6 is 0 Å². The van der Waals surface area contributed by atoms with Crippen LogP contribution in [-0.4, -0.2) is 20.2 Å². The highest BCUT2D eigenvalue weighted by molar-refractivity contribution is 5.93. The molecule has 3 heterocycles. The van der Waals surface area contributed by atoms with Gasteiger partial charge in [0.15, 0.2) is 0 Å². The molecule has 0 aliphatic carbocycles. The molecule has 0 unspecified atom stereocenters. The summed E-state index contributed by atoms with van der Waals surface area (Å²) in [6.45, 7) is 6.42. The molecule has 0 atom stereocenters. The Morgan fingerprint density at radius 2 is 1.96 bits per heavy atom. The minimum Gasteiger partial charge on any atom is -0.423 e. The highest BCUT2D eigenvalue weighted by Crippen LogP contribution is 2.37. The number of hydrogen-bond donors (Lipinski definition) is 1. The number of nitrogens with zero attached hydrogens (tertiary/aromatic N) is 3. The van der Waals surface area contributed by atoms with Gasteiger partial charge < -0.3 is 9.40 Å². The van der Waals surface area contributed by atoms with Crippen LogP contribution in [0.1, 0.15) is 31.0 Å². The van der Waals surface area contributed by atoms with Gasteiger partial charge in [-0.3, -0.25) is 4.98 Å². The molecule has 120 valence electrons. The van der Waals surface area contributed by atoms with E-state index in [9.17, 15) is 0 Å². The standard InChI is InChI=1S/C19H18N4O/c1-11(2)17-15-9-14(19-23-21-10-24-19)4-5-16(15)22-18(17)13-6-7-20-12(3)8-13/h4-11,22H,1-3H3. The number of aromatic amines is 1. The van der Waals surface area contributed by atoms with Crippen LogP contribution in [0.2, 0.25) is 0 Å². The molecule has 5 heteroatoms. The van der Waals surface area contributed by atoms with Crippen LogP contribution in [0.5, 0.6) is 0 Å². The summed E-state index contributed by atoms with van der Waals surface area (Å²) < 4.78 is 5.34. The first-order valence-corrected chi connectivity index (χ1v) is 7.98. The van der Waals surface area contributed by atoms with Crippen molar-refractivity contribution in [1.82, 2.24) is 20.2 Å². The number of rotatable bonds is 3. The number of aromatic nitrogens is 4. The molecule has 0 spiro atoms. The summed E-state index contributed by atoms with van der Waals surface area (Å²) in [5.41, 5.74) is 6.63. The Kier molecular flexibility index (Phi) is 3.41. The van der Waals surface area contributed by atoms with E-state index in [0.29, 0.717) is 11.8 Å². The van der Waals surface area contributed by atoms with E-state index < -0.39 is 0 Å². The highest BCUT2D eigenvalue weighted by atomic mass is 16.4. The molecule has 0 fully saturated rings. The maximum atomic E-state index is 5.34. The molecule has 5 nitrogen and oxygen atoms in total. The Hall–Kier alpha value is -2.95. The SMILES string of the molecule is Cc1cc(-c2[nH]c3ccc(-c4nnco4)cc3c2C(C)C)ccn1. The van der Waals surface area contributed by atoms with Gasteiger partial charge in [0, 0.05) is 33.9 Å². The van der Waals surface area contributed by atoms with E-state index in [1.165, 1.54) is 17.3 Å². The summed E-state index contributed by atoms with van der Waals surface area (Å²) in [5.74, 6) is 0.911. The number of nitrogens with one attached hydrogen (secondary N) is 1. The molecule has 4 aromatic rings. The second kappa shape index (κ2) is 5.60. The molecule has 0 amide bonds. The molecular formula is C19H18N4O. The van der Waals surface area contributed by atoms with Gasteiger partial charge in [0.1, 0.15) is 0 Å². The fourth-order valence-electron chi connectivity index (χ4n) is 3.17. The van der Waals surface area contributed by atoms with E-state index in [1.807, 2.05) is 25.3 Å². The van der Waals surface area contributed by atoms with Gasteiger partial charge in [-0.2, -0.15) is 0 Å². The summed E-state index contributed by atoms with van der Waals surface area (Å²) in [6, 6.07) is 10.3. The molecule has 1 N–H and O–H groups in total. The molecule has 0 aliphatic heterocycles. The third-order valence-electron chi connectivity index (χ3n) is 4.21. The summed E-state index contributed by atoms with van der Waals surface area (Å²) in [4.78, 5) is 7.87. The quantitative estimate of drug-likeness (QED) is 0.594. The second-order valence-electron chi connectivity index (χ2n) is 6.26. The van der Waals surface area contributed by atoms with Gasteiger partial charge in [0.25, 0.3) is 0 Å². The topological polar surface area (TPSA) is 67.6 Å². The van der Waals surface area contributed by atoms with E-state index in [2.05, 4.69) is 52.2 Å². The number of hydrogen-bond acceptors (Lipinski definition) is 4. The van der Waals surface area contributed by atoms with Crippen molar-refractivity contribution in [3.63, 3.8) is 0 Å². The van der Waals surface area contributed by atoms with Crippen LogP contribution in [0.3, 0.4) is 0 Å². The van der Waals surface area contributed by atoms with Crippen molar-refractivity contribution in [3.8, 4) is 22.7 Å². The largest absolute Gasteiger partial charge is 0.423 e. The average molecular weight is 318 g/mol. The second-order valence-corrected chi connectivity index (χ2v) is 6.26. The smallest absolute Gasteiger partial charge is 0.247 e. The fourth-order valence-corrected chi connectivity index (χ4v) is 3.17. The Balaban J connectivity index is 1.96. The lowest BCUT2D eigenvalue weighted by molar-refractivity contribution is 0.569. The number of benzene rings is 1. The molecule has 1 aromatic carbocycles. The van der Waals surface area contributed by atoms with Gasteiger partial charge in [-0.1, -0.05) is 13.8 Å². The Morgan fingerprint density at radius 3 is 2.67 bits per heavy atom. The number of H-pyrrole nitrogens is 1. The highest BCUT2D eigenvalue weighted by Gasteiger charge is 2.17. The van der Waals surface area contributed by atoms with Crippen LogP contribution in [0.4, 0.5) is 0 Å². The predicted octanol–water partition coefficient (Wildman–Crippen LogP) is 4.71. The minimum absolute atomic E-state index is 0.375. The van der Waals surface area contributed by atoms with Crippen molar-refractivity contribution in [2.24, 2.45) is 0 Å². The van der Waals surface area contributed by atoms with Crippen molar-refractivity contribution in [1.29, 1.82) is 0 Å². The number of pyridine rings is 1. The van der Waals surface area contributed by atoms with Crippen LogP contribution in [-0.2, 0) is 0 Å². The van der Waals surface area contributed by atoms with Gasteiger partial charge in [0.2, 0.25) is 12.3 Å². The van der Waals surface area contributed by atoms with Crippen molar-refractivity contribution in [3.05, 3.63) is 54.2 Å². The molecule has 0 saturated carbocycles. The van der Waals surface area contributed by atoms with E-state index in [4.69, 9.17) is 4.42 Å². The molecule has 0 aliphatic rings. The molecule has 0 saturated heterocycles. The van der Waals surface area contributed by atoms with E-state index in [-0.39, 0.29) is 0 Å². The summed E-state index contributed by atoms with van der Waals surface area (Å²) in [5, 5.41) is 8.96. The lowest BCUT2D eigenvalue weighted by atomic mass is 9.95. The molecule has 4 rings (SSSR count). The number of aryl methyl sites for hydroxylation is 1. The Labute approximate surface area is 139 Å². The lowest BCUT2D eigenvalue weighted by Crippen LogP contribution is -1.91. The van der Waals surface area contributed by atoms with Crippen LogP contribution in [0.25, 0.3) is 33.6 Å². The Bertz CT molecular complexity index is 1000. The summed E-state index contributed by atoms with van der Waals surface area (Å²) >= 11 is 0. The van der Waals surface area contributed by atoms with Gasteiger partial charge in [0.05, 0.1) is 5.69 Å². The third kappa shape index (κ3) is 2.38. The zero-order valence-corrected chi connectivity index (χ0v) is 13.9. The first-order valence-electron chi connectivity index (χ1n) is 7.98.